The summed E-state index contributed by atoms with van der Waals surface area (Å²) in [5.41, 5.74) is 2.42. The van der Waals surface area contributed by atoms with Gasteiger partial charge in [-0.2, -0.15) is 0 Å². The fourth-order valence-corrected chi connectivity index (χ4v) is 1.93. The van der Waals surface area contributed by atoms with E-state index >= 15 is 0 Å². The Balaban J connectivity index is 1.50. The van der Waals surface area contributed by atoms with Crippen molar-refractivity contribution in [2.75, 3.05) is 0 Å². The van der Waals surface area contributed by atoms with Crippen molar-refractivity contribution in [2.45, 2.75) is 39.0 Å². The Hall–Kier alpha value is -1.74. The van der Waals surface area contributed by atoms with Crippen LogP contribution in [-0.4, -0.2) is 6.04 Å². The van der Waals surface area contributed by atoms with Gasteiger partial charge in [0.2, 0.25) is 0 Å². The van der Waals surface area contributed by atoms with Gasteiger partial charge in [-0.1, -0.05) is 17.7 Å². The van der Waals surface area contributed by atoms with E-state index in [1.807, 2.05) is 30.5 Å². The number of aryl methyl sites for hydroxylation is 1. The molecule has 100 valence electrons. The molecule has 0 spiro atoms. The second-order valence-electron chi connectivity index (χ2n) is 5.18. The summed E-state index contributed by atoms with van der Waals surface area (Å²) in [4.78, 5) is 0. The predicted octanol–water partition coefficient (Wildman–Crippen LogP) is 3.42. The van der Waals surface area contributed by atoms with Gasteiger partial charge in [0.25, 0.3) is 0 Å². The van der Waals surface area contributed by atoms with Crippen LogP contribution in [0.5, 0.6) is 5.75 Å². The molecule has 0 unspecified atom stereocenters. The van der Waals surface area contributed by atoms with Crippen molar-refractivity contribution < 1.29 is 9.15 Å². The third-order valence-corrected chi connectivity index (χ3v) is 3.28. The normalized spacial score (nSPS) is 14.6. The molecular formula is C16H19NO2. The molecule has 2 aromatic rings. The number of rotatable bonds is 6. The molecule has 0 bridgehead atoms. The lowest BCUT2D eigenvalue weighted by Crippen LogP contribution is -2.14. The highest BCUT2D eigenvalue weighted by atomic mass is 16.5. The molecule has 19 heavy (non-hydrogen) atoms. The van der Waals surface area contributed by atoms with E-state index in [0.29, 0.717) is 6.61 Å². The summed E-state index contributed by atoms with van der Waals surface area (Å²) in [5.74, 6) is 1.74. The van der Waals surface area contributed by atoms with Gasteiger partial charge in [0.1, 0.15) is 18.1 Å². The average molecular weight is 257 g/mol. The molecule has 1 heterocycles. The molecule has 3 rings (SSSR count). The lowest BCUT2D eigenvalue weighted by molar-refractivity contribution is 0.270. The number of ether oxygens (including phenoxy) is 1. The van der Waals surface area contributed by atoms with Crippen molar-refractivity contribution in [1.82, 2.24) is 5.32 Å². The summed E-state index contributed by atoms with van der Waals surface area (Å²) >= 11 is 0. The van der Waals surface area contributed by atoms with Gasteiger partial charge < -0.3 is 14.5 Å². The minimum absolute atomic E-state index is 0.479. The molecule has 0 radical (unpaired) electrons. The maximum absolute atomic E-state index is 5.68. The molecule has 3 nitrogen and oxygen atoms in total. The fraction of sp³-hybridized carbons (Fsp3) is 0.375. The van der Waals surface area contributed by atoms with E-state index in [9.17, 15) is 0 Å². The van der Waals surface area contributed by atoms with E-state index in [0.717, 1.165) is 24.1 Å². The highest BCUT2D eigenvalue weighted by Gasteiger charge is 2.20. The Morgan fingerprint density at radius 2 is 2.05 bits per heavy atom. The fourth-order valence-electron chi connectivity index (χ4n) is 1.93. The van der Waals surface area contributed by atoms with Crippen LogP contribution >= 0.6 is 0 Å². The summed E-state index contributed by atoms with van der Waals surface area (Å²) in [5, 5.41) is 3.47. The summed E-state index contributed by atoms with van der Waals surface area (Å²) in [6.45, 7) is 3.43. The molecule has 3 heteroatoms. The molecule has 1 N–H and O–H groups in total. The summed E-state index contributed by atoms with van der Waals surface area (Å²) in [7, 11) is 0. The third kappa shape index (κ3) is 3.61. The van der Waals surface area contributed by atoms with Gasteiger partial charge in [0.05, 0.1) is 6.26 Å². The van der Waals surface area contributed by atoms with E-state index in [4.69, 9.17) is 9.15 Å². The minimum Gasteiger partial charge on any atom is -0.486 e. The van der Waals surface area contributed by atoms with E-state index in [1.54, 1.807) is 0 Å². The van der Waals surface area contributed by atoms with Gasteiger partial charge in [0.15, 0.2) is 0 Å². The number of benzene rings is 1. The Bertz CT molecular complexity index is 526. The first kappa shape index (κ1) is 12.3. The van der Waals surface area contributed by atoms with Crippen LogP contribution in [-0.2, 0) is 13.2 Å². The molecular weight excluding hydrogens is 238 g/mol. The number of furan rings is 1. The summed E-state index contributed by atoms with van der Waals surface area (Å²) in [6.07, 6.45) is 4.42. The Morgan fingerprint density at radius 3 is 2.79 bits per heavy atom. The predicted molar refractivity (Wildman–Crippen MR) is 74.1 cm³/mol. The van der Waals surface area contributed by atoms with Gasteiger partial charge in [-0.05, 0) is 38.0 Å². The molecule has 1 aromatic heterocycles. The van der Waals surface area contributed by atoms with Gasteiger partial charge in [-0.3, -0.25) is 0 Å². The number of hydrogen-bond donors (Lipinski definition) is 1. The second kappa shape index (κ2) is 5.49. The highest BCUT2D eigenvalue weighted by molar-refractivity contribution is 5.26. The number of nitrogens with one attached hydrogen (secondary N) is 1. The van der Waals surface area contributed by atoms with Crippen LogP contribution in [0.4, 0.5) is 0 Å². The van der Waals surface area contributed by atoms with Crippen molar-refractivity contribution >= 4 is 0 Å². The van der Waals surface area contributed by atoms with E-state index in [1.165, 1.54) is 24.0 Å². The van der Waals surface area contributed by atoms with E-state index in [2.05, 4.69) is 18.3 Å². The average Bonchev–Trinajstić information content (AvgIpc) is 3.15. The first-order valence-corrected chi connectivity index (χ1v) is 6.79. The standard InChI is InChI=1S/C16H19NO2/c1-12-2-6-15(7-3-12)19-11-16-8-13(10-18-16)9-17-14-4-5-14/h2-3,6-8,10,14,17H,4-5,9,11H2,1H3. The van der Waals surface area contributed by atoms with Crippen molar-refractivity contribution in [3.63, 3.8) is 0 Å². The van der Waals surface area contributed by atoms with Crippen molar-refractivity contribution in [2.24, 2.45) is 0 Å². The summed E-state index contributed by atoms with van der Waals surface area (Å²) in [6, 6.07) is 10.8. The van der Waals surface area contributed by atoms with Crippen LogP contribution in [0, 0.1) is 6.92 Å². The van der Waals surface area contributed by atoms with Gasteiger partial charge >= 0.3 is 0 Å². The topological polar surface area (TPSA) is 34.4 Å². The van der Waals surface area contributed by atoms with Gasteiger partial charge in [-0.25, -0.2) is 0 Å². The quantitative estimate of drug-likeness (QED) is 0.861. The SMILES string of the molecule is Cc1ccc(OCc2cc(CNC3CC3)co2)cc1. The first-order chi connectivity index (χ1) is 9.29. The zero-order valence-corrected chi connectivity index (χ0v) is 11.2. The Kier molecular flexibility index (Phi) is 3.56. The first-order valence-electron chi connectivity index (χ1n) is 6.79. The molecule has 0 saturated heterocycles. The van der Waals surface area contributed by atoms with E-state index in [-0.39, 0.29) is 0 Å². The van der Waals surface area contributed by atoms with Crippen LogP contribution in [0.25, 0.3) is 0 Å². The molecule has 1 aliphatic rings. The van der Waals surface area contributed by atoms with Crippen molar-refractivity contribution in [3.05, 3.63) is 53.5 Å². The van der Waals surface area contributed by atoms with E-state index < -0.39 is 0 Å². The molecule has 0 atom stereocenters. The maximum atomic E-state index is 5.68. The molecule has 1 fully saturated rings. The Morgan fingerprint density at radius 1 is 1.26 bits per heavy atom. The largest absolute Gasteiger partial charge is 0.486 e. The smallest absolute Gasteiger partial charge is 0.146 e. The maximum Gasteiger partial charge on any atom is 0.146 e. The third-order valence-electron chi connectivity index (χ3n) is 3.28. The van der Waals surface area contributed by atoms with Crippen molar-refractivity contribution in [3.8, 4) is 5.75 Å². The van der Waals surface area contributed by atoms with Gasteiger partial charge in [-0.15, -0.1) is 0 Å². The lowest BCUT2D eigenvalue weighted by Gasteiger charge is -2.03. The zero-order chi connectivity index (χ0) is 13.1. The zero-order valence-electron chi connectivity index (χ0n) is 11.2. The lowest BCUT2D eigenvalue weighted by atomic mass is 10.2. The number of hydrogen-bond acceptors (Lipinski definition) is 3. The molecule has 0 amide bonds. The summed E-state index contributed by atoms with van der Waals surface area (Å²) < 4.78 is 11.2. The highest BCUT2D eigenvalue weighted by Crippen LogP contribution is 2.20. The van der Waals surface area contributed by atoms with Crippen LogP contribution in [0.15, 0.2) is 41.0 Å². The van der Waals surface area contributed by atoms with Crippen LogP contribution in [0.3, 0.4) is 0 Å². The monoisotopic (exact) mass is 257 g/mol. The van der Waals surface area contributed by atoms with Crippen LogP contribution in [0.1, 0.15) is 29.7 Å². The van der Waals surface area contributed by atoms with Crippen molar-refractivity contribution in [1.29, 1.82) is 0 Å². The molecule has 1 saturated carbocycles. The Labute approximate surface area is 113 Å². The van der Waals surface area contributed by atoms with Crippen LogP contribution in [0.2, 0.25) is 0 Å². The van der Waals surface area contributed by atoms with Gasteiger partial charge in [0, 0.05) is 18.2 Å². The molecule has 1 aliphatic carbocycles. The molecule has 1 aromatic carbocycles. The molecule has 0 aliphatic heterocycles. The van der Waals surface area contributed by atoms with Crippen LogP contribution < -0.4 is 10.1 Å². The minimum atomic E-state index is 0.479. The second-order valence-corrected chi connectivity index (χ2v) is 5.18.